The van der Waals surface area contributed by atoms with Crippen LogP contribution in [0.1, 0.15) is 37.0 Å². The van der Waals surface area contributed by atoms with E-state index in [9.17, 15) is 4.79 Å². The molecule has 0 aliphatic rings. The summed E-state index contributed by atoms with van der Waals surface area (Å²) < 4.78 is 0. The third kappa shape index (κ3) is 2.95. The highest BCUT2D eigenvalue weighted by Gasteiger charge is 2.27. The van der Waals surface area contributed by atoms with E-state index >= 15 is 0 Å². The number of hydrogen-bond acceptors (Lipinski definition) is 2. The number of amides is 1. The number of carbonyl (C=O) groups is 1. The number of rotatable bonds is 5. The van der Waals surface area contributed by atoms with Gasteiger partial charge in [0, 0.05) is 11.3 Å². The molecule has 0 aliphatic carbocycles. The molecule has 0 unspecified atom stereocenters. The molecule has 4 heteroatoms. The molecule has 0 radical (unpaired) electrons. The number of alkyl halides is 1. The molecule has 0 aromatic carbocycles. The zero-order valence-corrected chi connectivity index (χ0v) is 10.6. The first-order valence-corrected chi connectivity index (χ1v) is 6.56. The van der Waals surface area contributed by atoms with Crippen molar-refractivity contribution >= 4 is 28.8 Å². The second kappa shape index (κ2) is 5.52. The van der Waals surface area contributed by atoms with E-state index in [0.29, 0.717) is 5.88 Å². The van der Waals surface area contributed by atoms with E-state index in [1.165, 1.54) is 11.3 Å². The Balaban J connectivity index is 2.71. The van der Waals surface area contributed by atoms with Gasteiger partial charge in [-0.05, 0) is 24.3 Å². The van der Waals surface area contributed by atoms with E-state index in [4.69, 9.17) is 11.6 Å². The Hall–Kier alpha value is -0.540. The fourth-order valence-corrected chi connectivity index (χ4v) is 2.44. The largest absolute Gasteiger partial charge is 0.345 e. The van der Waals surface area contributed by atoms with E-state index in [-0.39, 0.29) is 11.4 Å². The van der Waals surface area contributed by atoms with Crippen molar-refractivity contribution in [1.82, 2.24) is 5.32 Å². The topological polar surface area (TPSA) is 29.1 Å². The van der Waals surface area contributed by atoms with Crippen LogP contribution in [0.5, 0.6) is 0 Å². The average Bonchev–Trinajstić information content (AvgIpc) is 2.79. The van der Waals surface area contributed by atoms with Gasteiger partial charge < -0.3 is 5.32 Å². The summed E-state index contributed by atoms with van der Waals surface area (Å²) in [5, 5.41) is 6.76. The summed E-state index contributed by atoms with van der Waals surface area (Å²) in [6.07, 6.45) is 1.70. The summed E-state index contributed by atoms with van der Waals surface area (Å²) in [4.78, 5) is 11.8. The Labute approximate surface area is 99.6 Å². The fourth-order valence-electron chi connectivity index (χ4n) is 1.36. The lowest BCUT2D eigenvalue weighted by atomic mass is 9.95. The standard InChI is InChI=1S/C11H16ClNOS/c1-3-11(4-2,8-12)13-10(14)9-5-6-15-7-9/h5-7H,3-4,8H2,1-2H3,(H,13,14). The molecule has 1 amide bonds. The second-order valence-corrected chi connectivity index (χ2v) is 4.63. The molecule has 84 valence electrons. The Bertz CT molecular complexity index is 298. The zero-order chi connectivity index (χ0) is 11.3. The van der Waals surface area contributed by atoms with Gasteiger partial charge in [-0.3, -0.25) is 4.79 Å². The number of carbonyl (C=O) groups excluding carboxylic acids is 1. The summed E-state index contributed by atoms with van der Waals surface area (Å²) in [5.74, 6) is 0.427. The van der Waals surface area contributed by atoms with Crippen molar-refractivity contribution in [1.29, 1.82) is 0 Å². The van der Waals surface area contributed by atoms with E-state index in [1.807, 2.05) is 30.7 Å². The minimum absolute atomic E-state index is 0.0272. The maximum absolute atomic E-state index is 11.8. The van der Waals surface area contributed by atoms with E-state index in [0.717, 1.165) is 18.4 Å². The van der Waals surface area contributed by atoms with Crippen LogP contribution >= 0.6 is 22.9 Å². The molecular formula is C11H16ClNOS. The van der Waals surface area contributed by atoms with Crippen LogP contribution in [0.25, 0.3) is 0 Å². The molecule has 1 N–H and O–H groups in total. The smallest absolute Gasteiger partial charge is 0.252 e. The van der Waals surface area contributed by atoms with E-state index in [2.05, 4.69) is 5.32 Å². The molecule has 2 nitrogen and oxygen atoms in total. The Morgan fingerprint density at radius 1 is 1.53 bits per heavy atom. The second-order valence-electron chi connectivity index (χ2n) is 3.59. The lowest BCUT2D eigenvalue weighted by Gasteiger charge is -2.30. The SMILES string of the molecule is CCC(CC)(CCl)NC(=O)c1ccsc1. The molecule has 0 aliphatic heterocycles. The van der Waals surface area contributed by atoms with Crippen molar-refractivity contribution in [2.45, 2.75) is 32.2 Å². The summed E-state index contributed by atoms with van der Waals surface area (Å²) in [5.41, 5.74) is 0.456. The molecule has 1 aromatic rings. The lowest BCUT2D eigenvalue weighted by Crippen LogP contribution is -2.49. The van der Waals surface area contributed by atoms with Gasteiger partial charge in [-0.1, -0.05) is 13.8 Å². The first-order chi connectivity index (χ1) is 7.17. The number of halogens is 1. The normalized spacial score (nSPS) is 11.4. The molecule has 1 heterocycles. The Morgan fingerprint density at radius 2 is 2.20 bits per heavy atom. The van der Waals surface area contributed by atoms with E-state index in [1.54, 1.807) is 0 Å². The number of thiophene rings is 1. The molecular weight excluding hydrogens is 230 g/mol. The van der Waals surface area contributed by atoms with Crippen LogP contribution in [-0.4, -0.2) is 17.3 Å². The highest BCUT2D eigenvalue weighted by molar-refractivity contribution is 7.08. The van der Waals surface area contributed by atoms with Gasteiger partial charge in [-0.25, -0.2) is 0 Å². The maximum atomic E-state index is 11.8. The van der Waals surface area contributed by atoms with Crippen LogP contribution < -0.4 is 5.32 Å². The van der Waals surface area contributed by atoms with Gasteiger partial charge in [-0.2, -0.15) is 11.3 Å². The first-order valence-electron chi connectivity index (χ1n) is 5.08. The quantitative estimate of drug-likeness (QED) is 0.793. The molecule has 0 bridgehead atoms. The molecule has 0 saturated heterocycles. The third-order valence-electron chi connectivity index (χ3n) is 2.77. The van der Waals surface area contributed by atoms with Crippen molar-refractivity contribution in [2.75, 3.05) is 5.88 Å². The predicted octanol–water partition coefficient (Wildman–Crippen LogP) is 3.28. The summed E-state index contributed by atoms with van der Waals surface area (Å²) >= 11 is 7.44. The summed E-state index contributed by atoms with van der Waals surface area (Å²) in [6, 6.07) is 1.82. The van der Waals surface area contributed by atoms with Crippen LogP contribution in [0.15, 0.2) is 16.8 Å². The molecule has 0 spiro atoms. The van der Waals surface area contributed by atoms with Crippen molar-refractivity contribution in [2.24, 2.45) is 0 Å². The first kappa shape index (κ1) is 12.5. The van der Waals surface area contributed by atoms with Crippen molar-refractivity contribution < 1.29 is 4.79 Å². The van der Waals surface area contributed by atoms with Crippen LogP contribution in [-0.2, 0) is 0 Å². The van der Waals surface area contributed by atoms with Gasteiger partial charge in [0.15, 0.2) is 0 Å². The van der Waals surface area contributed by atoms with Gasteiger partial charge in [0.1, 0.15) is 0 Å². The van der Waals surface area contributed by atoms with E-state index < -0.39 is 0 Å². The Kier molecular flexibility index (Phi) is 4.61. The van der Waals surface area contributed by atoms with Gasteiger partial charge in [-0.15, -0.1) is 11.6 Å². The molecule has 0 atom stereocenters. The van der Waals surface area contributed by atoms with Crippen molar-refractivity contribution in [3.05, 3.63) is 22.4 Å². The average molecular weight is 246 g/mol. The summed E-state index contributed by atoms with van der Waals surface area (Å²) in [6.45, 7) is 4.08. The van der Waals surface area contributed by atoms with Crippen molar-refractivity contribution in [3.8, 4) is 0 Å². The lowest BCUT2D eigenvalue weighted by molar-refractivity contribution is 0.0903. The molecule has 15 heavy (non-hydrogen) atoms. The molecule has 0 saturated carbocycles. The third-order valence-corrected chi connectivity index (χ3v) is 3.97. The molecule has 1 aromatic heterocycles. The molecule has 1 rings (SSSR count). The van der Waals surface area contributed by atoms with Crippen LogP contribution in [0.3, 0.4) is 0 Å². The predicted molar refractivity (Wildman–Crippen MR) is 65.8 cm³/mol. The highest BCUT2D eigenvalue weighted by atomic mass is 35.5. The maximum Gasteiger partial charge on any atom is 0.252 e. The van der Waals surface area contributed by atoms with Gasteiger partial charge in [0.05, 0.1) is 11.1 Å². The number of hydrogen-bond donors (Lipinski definition) is 1. The van der Waals surface area contributed by atoms with Crippen molar-refractivity contribution in [3.63, 3.8) is 0 Å². The zero-order valence-electron chi connectivity index (χ0n) is 9.05. The Morgan fingerprint density at radius 3 is 2.60 bits per heavy atom. The minimum atomic E-state index is -0.263. The van der Waals surface area contributed by atoms with Gasteiger partial charge >= 0.3 is 0 Å². The van der Waals surface area contributed by atoms with Crippen LogP contribution in [0, 0.1) is 0 Å². The highest BCUT2D eigenvalue weighted by Crippen LogP contribution is 2.18. The van der Waals surface area contributed by atoms with Crippen LogP contribution in [0.2, 0.25) is 0 Å². The van der Waals surface area contributed by atoms with Crippen LogP contribution in [0.4, 0.5) is 0 Å². The monoisotopic (exact) mass is 245 g/mol. The van der Waals surface area contributed by atoms with Gasteiger partial charge in [0.25, 0.3) is 5.91 Å². The summed E-state index contributed by atoms with van der Waals surface area (Å²) in [7, 11) is 0. The number of nitrogens with one attached hydrogen (secondary N) is 1. The van der Waals surface area contributed by atoms with Gasteiger partial charge in [0.2, 0.25) is 0 Å². The molecule has 0 fully saturated rings. The minimum Gasteiger partial charge on any atom is -0.345 e. The fraction of sp³-hybridized carbons (Fsp3) is 0.545.